The van der Waals surface area contributed by atoms with Crippen LogP contribution in [0, 0.1) is 5.82 Å². The van der Waals surface area contributed by atoms with Crippen LogP contribution in [0.5, 0.6) is 0 Å². The molecule has 96 valence electrons. The molecular weight excluding hydrogens is 229 g/mol. The van der Waals surface area contributed by atoms with Gasteiger partial charge in [-0.05, 0) is 39.0 Å². The van der Waals surface area contributed by atoms with Gasteiger partial charge >= 0.3 is 0 Å². The van der Waals surface area contributed by atoms with Crippen LogP contribution in [0.3, 0.4) is 0 Å². The number of nitrogens with two attached hydrogens (primary N) is 1. The second-order valence-electron chi connectivity index (χ2n) is 4.79. The summed E-state index contributed by atoms with van der Waals surface area (Å²) in [6.45, 7) is 5.98. The fourth-order valence-corrected chi connectivity index (χ4v) is 1.89. The normalized spacial score (nSPS) is 13.0. The van der Waals surface area contributed by atoms with Crippen molar-refractivity contribution in [1.82, 2.24) is 9.78 Å². The molecule has 18 heavy (non-hydrogen) atoms. The maximum Gasteiger partial charge on any atom is 0.123 e. The molecule has 4 heteroatoms. The number of nitrogens with zero attached hydrogens (tertiary/aromatic N) is 2. The van der Waals surface area contributed by atoms with E-state index in [0.29, 0.717) is 0 Å². The first kappa shape index (κ1) is 12.8. The smallest absolute Gasteiger partial charge is 0.123 e. The van der Waals surface area contributed by atoms with Gasteiger partial charge in [0.1, 0.15) is 5.82 Å². The van der Waals surface area contributed by atoms with Gasteiger partial charge in [0.05, 0.1) is 11.4 Å². The zero-order chi connectivity index (χ0) is 13.3. The van der Waals surface area contributed by atoms with E-state index in [-0.39, 0.29) is 17.9 Å². The molecule has 3 nitrogen and oxygen atoms in total. The summed E-state index contributed by atoms with van der Waals surface area (Å²) in [4.78, 5) is 0. The second-order valence-corrected chi connectivity index (χ2v) is 4.79. The van der Waals surface area contributed by atoms with Gasteiger partial charge in [-0.15, -0.1) is 0 Å². The van der Waals surface area contributed by atoms with Crippen LogP contribution in [0.15, 0.2) is 30.3 Å². The zero-order valence-electron chi connectivity index (χ0n) is 10.9. The molecule has 0 saturated carbocycles. The molecule has 1 heterocycles. The summed E-state index contributed by atoms with van der Waals surface area (Å²) in [6.07, 6.45) is 0. The van der Waals surface area contributed by atoms with Crippen LogP contribution in [0.2, 0.25) is 0 Å². The lowest BCUT2D eigenvalue weighted by Crippen LogP contribution is -2.09. The van der Waals surface area contributed by atoms with E-state index < -0.39 is 0 Å². The number of hydrogen-bond donors (Lipinski definition) is 1. The van der Waals surface area contributed by atoms with Gasteiger partial charge in [-0.25, -0.2) is 4.39 Å². The number of hydrogen-bond acceptors (Lipinski definition) is 2. The Balaban J connectivity index is 2.55. The Morgan fingerprint density at radius 3 is 2.50 bits per heavy atom. The van der Waals surface area contributed by atoms with Gasteiger partial charge in [0.25, 0.3) is 0 Å². The molecule has 1 aromatic carbocycles. The molecule has 1 unspecified atom stereocenters. The fourth-order valence-electron chi connectivity index (χ4n) is 1.89. The minimum absolute atomic E-state index is 0.127. The highest BCUT2D eigenvalue weighted by Gasteiger charge is 2.14. The van der Waals surface area contributed by atoms with Crippen molar-refractivity contribution in [1.29, 1.82) is 0 Å². The molecule has 0 amide bonds. The van der Waals surface area contributed by atoms with Gasteiger partial charge in [-0.3, -0.25) is 4.68 Å². The summed E-state index contributed by atoms with van der Waals surface area (Å²) >= 11 is 0. The predicted octanol–water partition coefficient (Wildman–Crippen LogP) is 3.29. The van der Waals surface area contributed by atoms with Crippen LogP contribution in [-0.4, -0.2) is 9.78 Å². The first-order valence-corrected chi connectivity index (χ1v) is 6.10. The average molecular weight is 247 g/mol. The summed E-state index contributed by atoms with van der Waals surface area (Å²) in [5.41, 5.74) is 8.40. The molecule has 2 rings (SSSR count). The highest BCUT2D eigenvalue weighted by atomic mass is 19.1. The van der Waals surface area contributed by atoms with Crippen LogP contribution >= 0.6 is 0 Å². The molecule has 0 fully saturated rings. The third-order valence-corrected chi connectivity index (χ3v) is 2.83. The van der Waals surface area contributed by atoms with Crippen LogP contribution in [0.1, 0.15) is 38.5 Å². The lowest BCUT2D eigenvalue weighted by Gasteiger charge is -2.11. The largest absolute Gasteiger partial charge is 0.323 e. The molecule has 0 aliphatic carbocycles. The van der Waals surface area contributed by atoms with Crippen molar-refractivity contribution >= 4 is 0 Å². The molecule has 2 aromatic rings. The van der Waals surface area contributed by atoms with Gasteiger partial charge in [0.15, 0.2) is 0 Å². The van der Waals surface area contributed by atoms with Crippen LogP contribution in [0.4, 0.5) is 4.39 Å². The van der Waals surface area contributed by atoms with E-state index in [1.807, 2.05) is 37.6 Å². The standard InChI is InChI=1S/C14H18FN3/c1-9(2)18-14(8-13(17-18)10(3)16)11-5-4-6-12(15)7-11/h4-10H,16H2,1-3H3. The SMILES string of the molecule is CC(N)c1cc(-c2cccc(F)c2)n(C(C)C)n1. The molecule has 0 spiro atoms. The van der Waals surface area contributed by atoms with Crippen molar-refractivity contribution in [2.45, 2.75) is 32.9 Å². The number of halogens is 1. The summed E-state index contributed by atoms with van der Waals surface area (Å²) in [5, 5.41) is 4.48. The van der Waals surface area contributed by atoms with Gasteiger partial charge in [-0.1, -0.05) is 12.1 Å². The zero-order valence-corrected chi connectivity index (χ0v) is 10.9. The van der Waals surface area contributed by atoms with Gasteiger partial charge < -0.3 is 5.73 Å². The highest BCUT2D eigenvalue weighted by Crippen LogP contribution is 2.26. The van der Waals surface area contributed by atoms with E-state index in [2.05, 4.69) is 5.10 Å². The number of benzene rings is 1. The van der Waals surface area contributed by atoms with E-state index in [1.54, 1.807) is 6.07 Å². The van der Waals surface area contributed by atoms with E-state index in [1.165, 1.54) is 12.1 Å². The summed E-state index contributed by atoms with van der Waals surface area (Å²) in [6, 6.07) is 8.54. The Hall–Kier alpha value is -1.68. The maximum atomic E-state index is 13.3. The van der Waals surface area contributed by atoms with Crippen LogP contribution in [-0.2, 0) is 0 Å². The highest BCUT2D eigenvalue weighted by molar-refractivity contribution is 5.60. The Morgan fingerprint density at radius 2 is 1.94 bits per heavy atom. The van der Waals surface area contributed by atoms with Crippen molar-refractivity contribution in [2.24, 2.45) is 5.73 Å². The van der Waals surface area contributed by atoms with Crippen molar-refractivity contribution in [3.63, 3.8) is 0 Å². The Kier molecular flexibility index (Phi) is 3.48. The first-order valence-electron chi connectivity index (χ1n) is 6.10. The molecule has 1 aromatic heterocycles. The maximum absolute atomic E-state index is 13.3. The lowest BCUT2D eigenvalue weighted by atomic mass is 10.1. The third-order valence-electron chi connectivity index (χ3n) is 2.83. The van der Waals surface area contributed by atoms with Crippen LogP contribution < -0.4 is 5.73 Å². The monoisotopic (exact) mass is 247 g/mol. The molecule has 0 aliphatic heterocycles. The van der Waals surface area contributed by atoms with E-state index in [9.17, 15) is 4.39 Å². The number of rotatable bonds is 3. The summed E-state index contributed by atoms with van der Waals surface area (Å²) in [7, 11) is 0. The summed E-state index contributed by atoms with van der Waals surface area (Å²) < 4.78 is 15.2. The van der Waals surface area contributed by atoms with E-state index in [4.69, 9.17) is 5.73 Å². The molecule has 0 bridgehead atoms. The Morgan fingerprint density at radius 1 is 1.22 bits per heavy atom. The molecule has 0 aliphatic rings. The van der Waals surface area contributed by atoms with Gasteiger partial charge in [0, 0.05) is 17.6 Å². The topological polar surface area (TPSA) is 43.8 Å². The number of aromatic nitrogens is 2. The van der Waals surface area contributed by atoms with E-state index in [0.717, 1.165) is 17.0 Å². The van der Waals surface area contributed by atoms with Gasteiger partial charge in [-0.2, -0.15) is 5.10 Å². The quantitative estimate of drug-likeness (QED) is 0.904. The Bertz CT molecular complexity index is 544. The van der Waals surface area contributed by atoms with Crippen molar-refractivity contribution in [3.8, 4) is 11.3 Å². The lowest BCUT2D eigenvalue weighted by molar-refractivity contribution is 0.526. The van der Waals surface area contributed by atoms with Crippen molar-refractivity contribution < 1.29 is 4.39 Å². The van der Waals surface area contributed by atoms with Crippen LogP contribution in [0.25, 0.3) is 11.3 Å². The molecule has 1 atom stereocenters. The van der Waals surface area contributed by atoms with Crippen molar-refractivity contribution in [3.05, 3.63) is 41.8 Å². The third kappa shape index (κ3) is 2.43. The average Bonchev–Trinajstić information content (AvgIpc) is 2.73. The Labute approximate surface area is 106 Å². The van der Waals surface area contributed by atoms with Gasteiger partial charge in [0.2, 0.25) is 0 Å². The van der Waals surface area contributed by atoms with Crippen molar-refractivity contribution in [2.75, 3.05) is 0 Å². The molecule has 0 saturated heterocycles. The second kappa shape index (κ2) is 4.90. The summed E-state index contributed by atoms with van der Waals surface area (Å²) in [5.74, 6) is -0.244. The molecule has 0 radical (unpaired) electrons. The fraction of sp³-hybridized carbons (Fsp3) is 0.357. The van der Waals surface area contributed by atoms with E-state index >= 15 is 0 Å². The molecule has 2 N–H and O–H groups in total. The predicted molar refractivity (Wildman–Crippen MR) is 70.6 cm³/mol. The minimum atomic E-state index is -0.244. The first-order chi connectivity index (χ1) is 8.49. The minimum Gasteiger partial charge on any atom is -0.323 e. The molecular formula is C14H18FN3.